The first-order chi connectivity index (χ1) is 10.0. The lowest BCUT2D eigenvalue weighted by atomic mass is 9.95. The van der Waals surface area contributed by atoms with Crippen molar-refractivity contribution < 1.29 is 9.13 Å². The van der Waals surface area contributed by atoms with Crippen LogP contribution in [-0.2, 0) is 6.42 Å². The lowest BCUT2D eigenvalue weighted by molar-refractivity contribution is 0.414. The lowest BCUT2D eigenvalue weighted by Crippen LogP contribution is -2.19. The third kappa shape index (κ3) is 3.61. The molecule has 2 nitrogen and oxygen atoms in total. The van der Waals surface area contributed by atoms with Gasteiger partial charge in [0.1, 0.15) is 11.6 Å². The van der Waals surface area contributed by atoms with Crippen LogP contribution in [0.15, 0.2) is 36.4 Å². The summed E-state index contributed by atoms with van der Waals surface area (Å²) in [5, 5.41) is 3.31. The van der Waals surface area contributed by atoms with Crippen LogP contribution in [0.1, 0.15) is 28.3 Å². The number of hydrogen-bond donors (Lipinski definition) is 1. The Kier molecular flexibility index (Phi) is 4.97. The van der Waals surface area contributed by atoms with Gasteiger partial charge in [-0.1, -0.05) is 24.3 Å². The predicted octanol–water partition coefficient (Wildman–Crippen LogP) is 3.95. The van der Waals surface area contributed by atoms with Gasteiger partial charge in [-0.05, 0) is 61.7 Å². The van der Waals surface area contributed by atoms with Crippen LogP contribution in [0, 0.1) is 19.7 Å². The Bertz CT molecular complexity index is 601. The SMILES string of the molecule is CNC(Cc1cccc(OC)c1)c1cc(C)c(F)c(C)c1. The average molecular weight is 287 g/mol. The molecule has 3 heteroatoms. The van der Waals surface area contributed by atoms with Gasteiger partial charge in [0.2, 0.25) is 0 Å². The third-order valence-corrected chi connectivity index (χ3v) is 3.78. The van der Waals surface area contributed by atoms with E-state index in [1.807, 2.05) is 51.2 Å². The molecule has 0 aliphatic rings. The molecule has 0 aromatic heterocycles. The van der Waals surface area contributed by atoms with E-state index in [1.165, 1.54) is 5.56 Å². The summed E-state index contributed by atoms with van der Waals surface area (Å²) in [5.41, 5.74) is 3.68. The van der Waals surface area contributed by atoms with E-state index in [0.717, 1.165) is 17.7 Å². The molecular formula is C18H22FNO. The van der Waals surface area contributed by atoms with Crippen molar-refractivity contribution in [3.63, 3.8) is 0 Å². The topological polar surface area (TPSA) is 21.3 Å². The molecule has 2 rings (SSSR count). The van der Waals surface area contributed by atoms with Crippen molar-refractivity contribution in [1.82, 2.24) is 5.32 Å². The van der Waals surface area contributed by atoms with E-state index in [0.29, 0.717) is 11.1 Å². The van der Waals surface area contributed by atoms with Gasteiger partial charge >= 0.3 is 0 Å². The van der Waals surface area contributed by atoms with E-state index < -0.39 is 0 Å². The summed E-state index contributed by atoms with van der Waals surface area (Å²) < 4.78 is 19.0. The molecule has 0 aliphatic carbocycles. The Hall–Kier alpha value is -1.87. The first kappa shape index (κ1) is 15.5. The van der Waals surface area contributed by atoms with Gasteiger partial charge in [0.15, 0.2) is 0 Å². The first-order valence-electron chi connectivity index (χ1n) is 7.12. The Morgan fingerprint density at radius 3 is 2.38 bits per heavy atom. The van der Waals surface area contributed by atoms with Crippen LogP contribution in [-0.4, -0.2) is 14.2 Å². The minimum atomic E-state index is -0.116. The van der Waals surface area contributed by atoms with E-state index in [9.17, 15) is 4.39 Å². The van der Waals surface area contributed by atoms with E-state index in [1.54, 1.807) is 7.11 Å². The second kappa shape index (κ2) is 6.72. The number of aryl methyl sites for hydroxylation is 2. The molecule has 0 saturated heterocycles. The number of benzene rings is 2. The van der Waals surface area contributed by atoms with Crippen LogP contribution >= 0.6 is 0 Å². The second-order valence-electron chi connectivity index (χ2n) is 5.37. The van der Waals surface area contributed by atoms with Gasteiger partial charge in [0, 0.05) is 6.04 Å². The fourth-order valence-electron chi connectivity index (χ4n) is 2.60. The van der Waals surface area contributed by atoms with Crippen molar-refractivity contribution in [2.24, 2.45) is 0 Å². The van der Waals surface area contributed by atoms with Crippen LogP contribution < -0.4 is 10.1 Å². The first-order valence-corrected chi connectivity index (χ1v) is 7.12. The zero-order valence-corrected chi connectivity index (χ0v) is 13.0. The van der Waals surface area contributed by atoms with Crippen molar-refractivity contribution in [2.75, 3.05) is 14.2 Å². The van der Waals surface area contributed by atoms with Crippen LogP contribution in [0.5, 0.6) is 5.75 Å². The Labute approximate surface area is 126 Å². The monoisotopic (exact) mass is 287 g/mol. The molecule has 21 heavy (non-hydrogen) atoms. The van der Waals surface area contributed by atoms with E-state index in [4.69, 9.17) is 4.74 Å². The van der Waals surface area contributed by atoms with Crippen LogP contribution in [0.3, 0.4) is 0 Å². The van der Waals surface area contributed by atoms with Gasteiger partial charge in [-0.15, -0.1) is 0 Å². The molecule has 0 bridgehead atoms. The molecule has 2 aromatic carbocycles. The molecule has 1 atom stereocenters. The smallest absolute Gasteiger partial charge is 0.129 e. The molecule has 1 N–H and O–H groups in total. The molecule has 0 heterocycles. The van der Waals surface area contributed by atoms with Crippen LogP contribution in [0.2, 0.25) is 0 Å². The number of hydrogen-bond acceptors (Lipinski definition) is 2. The molecule has 1 unspecified atom stereocenters. The molecule has 0 spiro atoms. The lowest BCUT2D eigenvalue weighted by Gasteiger charge is -2.19. The van der Waals surface area contributed by atoms with Gasteiger partial charge in [-0.25, -0.2) is 4.39 Å². The Morgan fingerprint density at radius 1 is 1.14 bits per heavy atom. The van der Waals surface area contributed by atoms with Gasteiger partial charge in [-0.2, -0.15) is 0 Å². The highest BCUT2D eigenvalue weighted by molar-refractivity contribution is 5.35. The van der Waals surface area contributed by atoms with Crippen molar-refractivity contribution in [2.45, 2.75) is 26.3 Å². The third-order valence-electron chi connectivity index (χ3n) is 3.78. The van der Waals surface area contributed by atoms with Gasteiger partial charge < -0.3 is 10.1 Å². The normalized spacial score (nSPS) is 12.2. The van der Waals surface area contributed by atoms with E-state index in [2.05, 4.69) is 11.4 Å². The number of rotatable bonds is 5. The summed E-state index contributed by atoms with van der Waals surface area (Å²) in [6.45, 7) is 3.62. The molecule has 0 radical (unpaired) electrons. The molecule has 112 valence electrons. The second-order valence-corrected chi connectivity index (χ2v) is 5.37. The number of ether oxygens (including phenoxy) is 1. The van der Waals surface area contributed by atoms with Crippen LogP contribution in [0.4, 0.5) is 4.39 Å². The molecular weight excluding hydrogens is 265 g/mol. The summed E-state index contributed by atoms with van der Waals surface area (Å²) in [5.74, 6) is 0.740. The van der Waals surface area contributed by atoms with Gasteiger partial charge in [0.25, 0.3) is 0 Å². The average Bonchev–Trinajstić information content (AvgIpc) is 2.50. The quantitative estimate of drug-likeness (QED) is 0.899. The van der Waals surface area contributed by atoms with E-state index >= 15 is 0 Å². The van der Waals surface area contributed by atoms with Crippen LogP contribution in [0.25, 0.3) is 0 Å². The predicted molar refractivity (Wildman–Crippen MR) is 84.4 cm³/mol. The summed E-state index contributed by atoms with van der Waals surface area (Å²) in [4.78, 5) is 0. The van der Waals surface area contributed by atoms with Gasteiger partial charge in [0.05, 0.1) is 7.11 Å². The number of nitrogens with one attached hydrogen (secondary N) is 1. The number of likely N-dealkylation sites (N-methyl/N-ethyl adjacent to an activating group) is 1. The largest absolute Gasteiger partial charge is 0.497 e. The molecule has 0 saturated carbocycles. The summed E-state index contributed by atoms with van der Waals surface area (Å²) in [7, 11) is 3.60. The minimum Gasteiger partial charge on any atom is -0.497 e. The summed E-state index contributed by atoms with van der Waals surface area (Å²) in [6, 6.07) is 12.0. The van der Waals surface area contributed by atoms with Crippen molar-refractivity contribution in [1.29, 1.82) is 0 Å². The van der Waals surface area contributed by atoms with Crippen molar-refractivity contribution in [3.8, 4) is 5.75 Å². The molecule has 0 fully saturated rings. The minimum absolute atomic E-state index is 0.116. The summed E-state index contributed by atoms with van der Waals surface area (Å²) in [6.07, 6.45) is 0.832. The molecule has 2 aromatic rings. The van der Waals surface area contributed by atoms with Crippen molar-refractivity contribution in [3.05, 3.63) is 64.5 Å². The zero-order chi connectivity index (χ0) is 15.4. The highest BCUT2D eigenvalue weighted by atomic mass is 19.1. The highest BCUT2D eigenvalue weighted by Crippen LogP contribution is 2.24. The maximum Gasteiger partial charge on any atom is 0.129 e. The molecule has 0 aliphatic heterocycles. The number of methoxy groups -OCH3 is 1. The zero-order valence-electron chi connectivity index (χ0n) is 13.0. The standard InChI is InChI=1S/C18H22FNO/c1-12-8-15(9-13(2)18(12)19)17(20-3)11-14-6-5-7-16(10-14)21-4/h5-10,17,20H,11H2,1-4H3. The van der Waals surface area contributed by atoms with E-state index in [-0.39, 0.29) is 11.9 Å². The number of halogens is 1. The Balaban J connectivity index is 2.27. The summed E-state index contributed by atoms with van der Waals surface area (Å²) >= 11 is 0. The maximum atomic E-state index is 13.8. The highest BCUT2D eigenvalue weighted by Gasteiger charge is 2.13. The van der Waals surface area contributed by atoms with Gasteiger partial charge in [-0.3, -0.25) is 0 Å². The maximum absolute atomic E-state index is 13.8. The fourth-order valence-corrected chi connectivity index (χ4v) is 2.60. The fraction of sp³-hybridized carbons (Fsp3) is 0.333. The van der Waals surface area contributed by atoms with Crippen molar-refractivity contribution >= 4 is 0 Å². The molecule has 0 amide bonds. The Morgan fingerprint density at radius 2 is 1.81 bits per heavy atom.